The Labute approximate surface area is 207 Å². The van der Waals surface area contributed by atoms with Gasteiger partial charge in [0.05, 0.1) is 6.42 Å². The minimum Gasteiger partial charge on any atom is -0.459 e. The zero-order valence-corrected chi connectivity index (χ0v) is 19.4. The first-order valence-electron chi connectivity index (χ1n) is 11.7. The van der Waals surface area contributed by atoms with E-state index in [1.54, 1.807) is 12.1 Å². The van der Waals surface area contributed by atoms with Gasteiger partial charge in [0.25, 0.3) is 5.91 Å². The van der Waals surface area contributed by atoms with E-state index in [-0.39, 0.29) is 25.6 Å². The largest absolute Gasteiger partial charge is 0.459 e. The number of benzene rings is 3. The molecule has 0 radical (unpaired) electrons. The Hall–Kier alpha value is -4.46. The monoisotopic (exact) mass is 484 g/mol. The van der Waals surface area contributed by atoms with Crippen molar-refractivity contribution in [1.82, 2.24) is 10.2 Å². The van der Waals surface area contributed by atoms with Gasteiger partial charge in [-0.15, -0.1) is 0 Å². The summed E-state index contributed by atoms with van der Waals surface area (Å²) in [5.41, 5.74) is 5.14. The number of carbonyl (C=O) groups excluding carboxylic acids is 4. The van der Waals surface area contributed by atoms with Crippen LogP contribution in [-0.2, 0) is 30.5 Å². The molecule has 2 aliphatic rings. The van der Waals surface area contributed by atoms with Gasteiger partial charge in [0.15, 0.2) is 0 Å². The van der Waals surface area contributed by atoms with Crippen LogP contribution in [0.2, 0.25) is 0 Å². The number of alkyl carbamates (subject to hydrolysis) is 1. The molecular weight excluding hydrogens is 460 g/mol. The lowest BCUT2D eigenvalue weighted by Crippen LogP contribution is -2.43. The predicted molar refractivity (Wildman–Crippen MR) is 130 cm³/mol. The first-order chi connectivity index (χ1) is 17.5. The number of carbonyl (C=O) groups is 4. The first kappa shape index (κ1) is 23.3. The number of hydrogen-bond donors (Lipinski definition) is 1. The summed E-state index contributed by atoms with van der Waals surface area (Å²) in [4.78, 5) is 50.5. The molecule has 1 saturated heterocycles. The molecule has 1 aliphatic carbocycles. The molecular formula is C28H24N2O6. The molecule has 1 N–H and O–H groups in total. The maximum atomic E-state index is 12.7. The van der Waals surface area contributed by atoms with E-state index in [1.165, 1.54) is 0 Å². The number of fused-ring (bicyclic) bond motifs is 3. The lowest BCUT2D eigenvalue weighted by Gasteiger charge is -2.17. The second-order valence-corrected chi connectivity index (χ2v) is 8.69. The smallest absolute Gasteiger partial charge is 0.407 e. The molecule has 36 heavy (non-hydrogen) atoms. The molecule has 3 aromatic carbocycles. The molecule has 1 fully saturated rings. The van der Waals surface area contributed by atoms with Crippen molar-refractivity contribution in [1.29, 1.82) is 0 Å². The van der Waals surface area contributed by atoms with Crippen LogP contribution in [0, 0.1) is 0 Å². The zero-order chi connectivity index (χ0) is 25.1. The Morgan fingerprint density at radius 2 is 1.44 bits per heavy atom. The number of nitrogens with zero attached hydrogens (tertiary/aromatic N) is 1. The van der Waals surface area contributed by atoms with Gasteiger partial charge in [0, 0.05) is 5.92 Å². The second-order valence-electron chi connectivity index (χ2n) is 8.69. The van der Waals surface area contributed by atoms with Gasteiger partial charge in [-0.1, -0.05) is 78.9 Å². The Morgan fingerprint density at radius 1 is 0.833 bits per heavy atom. The van der Waals surface area contributed by atoms with Crippen molar-refractivity contribution in [3.8, 4) is 11.1 Å². The number of imide groups is 1. The van der Waals surface area contributed by atoms with Gasteiger partial charge in [-0.05, 0) is 27.8 Å². The van der Waals surface area contributed by atoms with Gasteiger partial charge in [0.1, 0.15) is 25.8 Å². The van der Waals surface area contributed by atoms with Crippen molar-refractivity contribution in [3.05, 3.63) is 95.6 Å². The summed E-state index contributed by atoms with van der Waals surface area (Å²) >= 11 is 0. The average molecular weight is 485 g/mol. The van der Waals surface area contributed by atoms with Crippen LogP contribution in [0.1, 0.15) is 29.0 Å². The Bertz CT molecular complexity index is 1280. The zero-order valence-electron chi connectivity index (χ0n) is 19.4. The van der Waals surface area contributed by atoms with Crippen LogP contribution < -0.4 is 5.32 Å². The summed E-state index contributed by atoms with van der Waals surface area (Å²) in [6, 6.07) is 23.9. The molecule has 5 rings (SSSR count). The summed E-state index contributed by atoms with van der Waals surface area (Å²) in [7, 11) is 0. The third-order valence-electron chi connectivity index (χ3n) is 6.41. The minimum absolute atomic E-state index is 0.0390. The highest BCUT2D eigenvalue weighted by atomic mass is 16.5. The van der Waals surface area contributed by atoms with Crippen LogP contribution in [0.25, 0.3) is 11.1 Å². The molecule has 3 amide bonds. The van der Waals surface area contributed by atoms with Crippen LogP contribution >= 0.6 is 0 Å². The van der Waals surface area contributed by atoms with Crippen molar-refractivity contribution < 1.29 is 28.7 Å². The van der Waals surface area contributed by atoms with Gasteiger partial charge in [-0.2, -0.15) is 0 Å². The molecule has 0 saturated carbocycles. The fourth-order valence-electron chi connectivity index (χ4n) is 4.66. The van der Waals surface area contributed by atoms with Crippen molar-refractivity contribution in [2.75, 3.05) is 13.2 Å². The fourth-order valence-corrected chi connectivity index (χ4v) is 4.66. The quantitative estimate of drug-likeness (QED) is 0.407. The third-order valence-corrected chi connectivity index (χ3v) is 6.41. The van der Waals surface area contributed by atoms with E-state index in [1.807, 2.05) is 66.7 Å². The Morgan fingerprint density at radius 3 is 2.11 bits per heavy atom. The highest BCUT2D eigenvalue weighted by Gasteiger charge is 2.41. The number of amides is 3. The number of rotatable bonds is 7. The molecule has 182 valence electrons. The molecule has 3 aromatic rings. The number of nitrogens with one attached hydrogen (secondary N) is 1. The summed E-state index contributed by atoms with van der Waals surface area (Å²) in [5, 5.41) is 2.47. The highest BCUT2D eigenvalue weighted by molar-refractivity contribution is 6.08. The standard InChI is InChI=1S/C28H24N2O6/c31-25-14-24(27(33)30(25)15-26(32)35-16-18-8-2-1-3-9-18)29-28(34)36-17-23-21-12-6-4-10-19(21)20-11-5-7-13-22(20)23/h1-13,23-24H,14-17H2,(H,29,34). The van der Waals surface area contributed by atoms with Gasteiger partial charge in [-0.3, -0.25) is 19.3 Å². The second kappa shape index (κ2) is 10.0. The van der Waals surface area contributed by atoms with E-state index in [2.05, 4.69) is 5.32 Å². The fraction of sp³-hybridized carbons (Fsp3) is 0.214. The summed E-state index contributed by atoms with van der Waals surface area (Å²) in [5.74, 6) is -2.05. The maximum absolute atomic E-state index is 12.7. The van der Waals surface area contributed by atoms with Crippen molar-refractivity contribution >= 4 is 23.9 Å². The van der Waals surface area contributed by atoms with Crippen molar-refractivity contribution in [2.24, 2.45) is 0 Å². The lowest BCUT2D eigenvalue weighted by atomic mass is 9.98. The van der Waals surface area contributed by atoms with E-state index >= 15 is 0 Å². The SMILES string of the molecule is O=C(CN1C(=O)CC(NC(=O)OCC2c3ccccc3-c3ccccc32)C1=O)OCc1ccccc1. The molecule has 8 heteroatoms. The molecule has 1 atom stereocenters. The number of likely N-dealkylation sites (tertiary alicyclic amines) is 1. The van der Waals surface area contributed by atoms with E-state index < -0.39 is 36.5 Å². The lowest BCUT2D eigenvalue weighted by molar-refractivity contribution is -0.153. The average Bonchev–Trinajstić information content (AvgIpc) is 3.35. The van der Waals surface area contributed by atoms with E-state index in [9.17, 15) is 19.2 Å². The molecule has 0 aromatic heterocycles. The Kier molecular flexibility index (Phi) is 6.49. The van der Waals surface area contributed by atoms with E-state index in [0.29, 0.717) is 0 Å². The summed E-state index contributed by atoms with van der Waals surface area (Å²) < 4.78 is 10.6. The molecule has 8 nitrogen and oxygen atoms in total. The van der Waals surface area contributed by atoms with Crippen LogP contribution in [0.15, 0.2) is 78.9 Å². The minimum atomic E-state index is -1.09. The molecule has 1 unspecified atom stereocenters. The normalized spacial score (nSPS) is 16.4. The van der Waals surface area contributed by atoms with Crippen LogP contribution in [0.3, 0.4) is 0 Å². The van der Waals surface area contributed by atoms with Crippen LogP contribution in [0.5, 0.6) is 0 Å². The molecule has 1 heterocycles. The molecule has 0 bridgehead atoms. The van der Waals surface area contributed by atoms with Crippen LogP contribution in [0.4, 0.5) is 4.79 Å². The number of hydrogen-bond acceptors (Lipinski definition) is 6. The van der Waals surface area contributed by atoms with Crippen molar-refractivity contribution in [3.63, 3.8) is 0 Å². The van der Waals surface area contributed by atoms with Gasteiger partial charge >= 0.3 is 12.1 Å². The third kappa shape index (κ3) is 4.70. The van der Waals surface area contributed by atoms with E-state index in [4.69, 9.17) is 9.47 Å². The van der Waals surface area contributed by atoms with Gasteiger partial charge in [0.2, 0.25) is 5.91 Å². The summed E-state index contributed by atoms with van der Waals surface area (Å²) in [6.07, 6.45) is -1.04. The van der Waals surface area contributed by atoms with Crippen molar-refractivity contribution in [2.45, 2.75) is 25.0 Å². The number of esters is 1. The Balaban J connectivity index is 1.15. The topological polar surface area (TPSA) is 102 Å². The van der Waals surface area contributed by atoms with E-state index in [0.717, 1.165) is 32.7 Å². The van der Waals surface area contributed by atoms with Gasteiger partial charge in [-0.25, -0.2) is 4.79 Å². The first-order valence-corrected chi connectivity index (χ1v) is 11.7. The highest BCUT2D eigenvalue weighted by Crippen LogP contribution is 2.44. The van der Waals surface area contributed by atoms with Crippen LogP contribution in [-0.4, -0.2) is 48.0 Å². The van der Waals surface area contributed by atoms with Gasteiger partial charge < -0.3 is 14.8 Å². The molecule has 0 spiro atoms. The summed E-state index contributed by atoms with van der Waals surface area (Å²) in [6.45, 7) is -0.380. The maximum Gasteiger partial charge on any atom is 0.407 e. The molecule has 1 aliphatic heterocycles. The predicted octanol–water partition coefficient (Wildman–Crippen LogP) is 3.40. The number of ether oxygens (including phenoxy) is 2.